The van der Waals surface area contributed by atoms with E-state index in [-0.39, 0.29) is 0 Å². The molecule has 0 aliphatic heterocycles. The lowest BCUT2D eigenvalue weighted by atomic mass is 9.89. The van der Waals surface area contributed by atoms with Crippen molar-refractivity contribution in [3.05, 3.63) is 64.9 Å². The molecule has 3 heteroatoms. The summed E-state index contributed by atoms with van der Waals surface area (Å²) in [6.07, 6.45) is 5.58. The van der Waals surface area contributed by atoms with Crippen LogP contribution in [0, 0.1) is 5.92 Å². The third-order valence-corrected chi connectivity index (χ3v) is 4.48. The summed E-state index contributed by atoms with van der Waals surface area (Å²) in [6, 6.07) is 14.5. The number of quaternary nitrogens is 1. The van der Waals surface area contributed by atoms with Gasteiger partial charge >= 0.3 is 0 Å². The van der Waals surface area contributed by atoms with Gasteiger partial charge in [-0.05, 0) is 48.1 Å². The van der Waals surface area contributed by atoms with Gasteiger partial charge in [0.25, 0.3) is 0 Å². The van der Waals surface area contributed by atoms with E-state index in [0.717, 1.165) is 29.7 Å². The summed E-state index contributed by atoms with van der Waals surface area (Å²) in [4.78, 5) is 4.38. The molecule has 23 heavy (non-hydrogen) atoms. The third kappa shape index (κ3) is 6.72. The van der Waals surface area contributed by atoms with Gasteiger partial charge in [0, 0.05) is 17.6 Å². The Morgan fingerprint density at radius 1 is 1.00 bits per heavy atom. The van der Waals surface area contributed by atoms with Crippen LogP contribution in [0.25, 0.3) is 0 Å². The number of aromatic nitrogens is 1. The van der Waals surface area contributed by atoms with E-state index in [1.807, 2.05) is 24.4 Å². The SMILES string of the molecule is CC(C)CC[C@@H](CC[NH2+]Cc1ccccn1)c1ccc(Cl)cc1. The molecule has 0 spiro atoms. The molecule has 0 amide bonds. The minimum Gasteiger partial charge on any atom is -0.341 e. The zero-order chi connectivity index (χ0) is 16.5. The van der Waals surface area contributed by atoms with Crippen molar-refractivity contribution in [2.24, 2.45) is 5.92 Å². The number of nitrogens with zero attached hydrogens (tertiary/aromatic N) is 1. The Morgan fingerprint density at radius 2 is 1.78 bits per heavy atom. The lowest BCUT2D eigenvalue weighted by Crippen LogP contribution is -2.82. The average molecular weight is 332 g/mol. The molecule has 1 atom stereocenters. The Balaban J connectivity index is 1.85. The van der Waals surface area contributed by atoms with Gasteiger partial charge in [-0.15, -0.1) is 0 Å². The van der Waals surface area contributed by atoms with Crippen molar-refractivity contribution in [3.63, 3.8) is 0 Å². The third-order valence-electron chi connectivity index (χ3n) is 4.23. The maximum atomic E-state index is 6.03. The second kappa shape index (κ2) is 9.69. The molecule has 0 aliphatic rings. The zero-order valence-corrected chi connectivity index (χ0v) is 15.0. The van der Waals surface area contributed by atoms with Crippen molar-refractivity contribution < 1.29 is 5.32 Å². The molecule has 0 saturated carbocycles. The van der Waals surface area contributed by atoms with Crippen molar-refractivity contribution in [2.45, 2.75) is 45.6 Å². The maximum Gasteiger partial charge on any atom is 0.118 e. The molecule has 2 aromatic rings. The van der Waals surface area contributed by atoms with Gasteiger partial charge in [0.15, 0.2) is 0 Å². The molecule has 0 bridgehead atoms. The molecular weight excluding hydrogens is 304 g/mol. The topological polar surface area (TPSA) is 29.5 Å². The second-order valence-corrected chi connectivity index (χ2v) is 7.05. The smallest absolute Gasteiger partial charge is 0.118 e. The summed E-state index contributed by atoms with van der Waals surface area (Å²) in [7, 11) is 0. The standard InChI is InChI=1S/C20H27ClN2/c1-16(2)6-7-18(17-8-10-19(21)11-9-17)12-14-22-15-20-5-3-4-13-23-20/h3-5,8-11,13,16,18,22H,6-7,12,14-15H2,1-2H3/p+1/t18-/m0/s1. The Kier molecular flexibility index (Phi) is 7.57. The normalized spacial score (nSPS) is 12.5. The molecule has 0 unspecified atom stereocenters. The van der Waals surface area contributed by atoms with Crippen LogP contribution in [0.5, 0.6) is 0 Å². The second-order valence-electron chi connectivity index (χ2n) is 6.61. The summed E-state index contributed by atoms with van der Waals surface area (Å²) >= 11 is 6.03. The molecule has 1 aromatic heterocycles. The molecule has 2 N–H and O–H groups in total. The van der Waals surface area contributed by atoms with Crippen LogP contribution >= 0.6 is 11.6 Å². The van der Waals surface area contributed by atoms with E-state index < -0.39 is 0 Å². The average Bonchev–Trinajstić information content (AvgIpc) is 2.56. The fourth-order valence-corrected chi connectivity index (χ4v) is 2.96. The quantitative estimate of drug-likeness (QED) is 0.678. The van der Waals surface area contributed by atoms with Crippen molar-refractivity contribution in [1.82, 2.24) is 4.98 Å². The Morgan fingerprint density at radius 3 is 2.43 bits per heavy atom. The molecule has 0 aliphatic carbocycles. The summed E-state index contributed by atoms with van der Waals surface area (Å²) in [5.41, 5.74) is 2.57. The van der Waals surface area contributed by atoms with Gasteiger partial charge in [-0.25, -0.2) is 0 Å². The highest BCUT2D eigenvalue weighted by Gasteiger charge is 2.13. The van der Waals surface area contributed by atoms with Crippen LogP contribution in [0.15, 0.2) is 48.7 Å². The molecule has 0 fully saturated rings. The lowest BCUT2D eigenvalue weighted by molar-refractivity contribution is -0.671. The number of pyridine rings is 1. The van der Waals surface area contributed by atoms with Gasteiger partial charge in [-0.2, -0.15) is 0 Å². The van der Waals surface area contributed by atoms with Crippen LogP contribution in [0.4, 0.5) is 0 Å². The molecule has 2 nitrogen and oxygen atoms in total. The minimum atomic E-state index is 0.620. The molecule has 0 saturated heterocycles. The van der Waals surface area contributed by atoms with Crippen LogP contribution < -0.4 is 5.32 Å². The Labute approximate surface area is 145 Å². The van der Waals surface area contributed by atoms with Crippen molar-refractivity contribution in [3.8, 4) is 0 Å². The highest BCUT2D eigenvalue weighted by Crippen LogP contribution is 2.27. The fourth-order valence-electron chi connectivity index (χ4n) is 2.83. The number of nitrogens with two attached hydrogens (primary N) is 1. The van der Waals surface area contributed by atoms with Gasteiger partial charge in [0.1, 0.15) is 6.54 Å². The van der Waals surface area contributed by atoms with Gasteiger partial charge in [0.2, 0.25) is 0 Å². The van der Waals surface area contributed by atoms with Crippen LogP contribution in [0.1, 0.15) is 50.3 Å². The van der Waals surface area contributed by atoms with Gasteiger partial charge in [-0.3, -0.25) is 4.98 Å². The monoisotopic (exact) mass is 331 g/mol. The van der Waals surface area contributed by atoms with Crippen molar-refractivity contribution in [2.75, 3.05) is 6.54 Å². The number of benzene rings is 1. The summed E-state index contributed by atoms with van der Waals surface area (Å²) in [5, 5.41) is 3.18. The molecular formula is C20H28ClN2+. The molecule has 1 aromatic carbocycles. The number of hydrogen-bond acceptors (Lipinski definition) is 1. The molecule has 1 heterocycles. The van der Waals surface area contributed by atoms with E-state index in [1.165, 1.54) is 24.8 Å². The summed E-state index contributed by atoms with van der Waals surface area (Å²) < 4.78 is 0. The predicted molar refractivity (Wildman–Crippen MR) is 97.6 cm³/mol. The van der Waals surface area contributed by atoms with Gasteiger partial charge in [0.05, 0.1) is 12.2 Å². The Bertz CT molecular complexity index is 552. The largest absolute Gasteiger partial charge is 0.341 e. The predicted octanol–water partition coefficient (Wildman–Crippen LogP) is 4.41. The zero-order valence-electron chi connectivity index (χ0n) is 14.2. The first-order valence-corrected chi connectivity index (χ1v) is 9.00. The summed E-state index contributed by atoms with van der Waals surface area (Å²) in [6.45, 7) is 6.68. The van der Waals surface area contributed by atoms with Crippen LogP contribution in [0.2, 0.25) is 5.02 Å². The Hall–Kier alpha value is -1.38. The molecule has 124 valence electrons. The van der Waals surface area contributed by atoms with Gasteiger partial charge in [-0.1, -0.05) is 50.1 Å². The van der Waals surface area contributed by atoms with E-state index in [0.29, 0.717) is 5.92 Å². The number of rotatable bonds is 9. The van der Waals surface area contributed by atoms with Crippen LogP contribution in [-0.2, 0) is 6.54 Å². The number of hydrogen-bond donors (Lipinski definition) is 1. The molecule has 2 rings (SSSR count). The highest BCUT2D eigenvalue weighted by molar-refractivity contribution is 6.30. The first kappa shape index (κ1) is 18.0. The van der Waals surface area contributed by atoms with E-state index >= 15 is 0 Å². The van der Waals surface area contributed by atoms with E-state index in [1.54, 1.807) is 0 Å². The van der Waals surface area contributed by atoms with E-state index in [2.05, 4.69) is 48.4 Å². The lowest BCUT2D eigenvalue weighted by Gasteiger charge is -2.18. The van der Waals surface area contributed by atoms with Crippen LogP contribution in [-0.4, -0.2) is 11.5 Å². The van der Waals surface area contributed by atoms with E-state index in [4.69, 9.17) is 11.6 Å². The van der Waals surface area contributed by atoms with Gasteiger partial charge < -0.3 is 5.32 Å². The van der Waals surface area contributed by atoms with Crippen LogP contribution in [0.3, 0.4) is 0 Å². The first-order valence-electron chi connectivity index (χ1n) is 8.62. The number of halogens is 1. The van der Waals surface area contributed by atoms with E-state index in [9.17, 15) is 0 Å². The fraction of sp³-hybridized carbons (Fsp3) is 0.450. The maximum absolute atomic E-state index is 6.03. The first-order chi connectivity index (χ1) is 11.1. The highest BCUT2D eigenvalue weighted by atomic mass is 35.5. The minimum absolute atomic E-state index is 0.620. The van der Waals surface area contributed by atoms with Crippen molar-refractivity contribution >= 4 is 11.6 Å². The molecule has 0 radical (unpaired) electrons. The van der Waals surface area contributed by atoms with Crippen molar-refractivity contribution in [1.29, 1.82) is 0 Å². The summed E-state index contributed by atoms with van der Waals surface area (Å²) in [5.74, 6) is 1.37.